The minimum Gasteiger partial charge on any atom is -0.496 e. The number of nitrogens with zero attached hydrogens (tertiary/aromatic N) is 1. The molecule has 7 nitrogen and oxygen atoms in total. The van der Waals surface area contributed by atoms with Gasteiger partial charge >= 0.3 is 0 Å². The molecular formula is C12H14N2O5S. The van der Waals surface area contributed by atoms with Crippen molar-refractivity contribution in [3.63, 3.8) is 0 Å². The number of aromatic nitrogens is 1. The van der Waals surface area contributed by atoms with Crippen LogP contribution in [0.4, 0.5) is 5.88 Å². The third-order valence-corrected chi connectivity index (χ3v) is 3.83. The molecule has 1 heterocycles. The average Bonchev–Trinajstić information content (AvgIpc) is 2.82. The predicted octanol–water partition coefficient (Wildman–Crippen LogP) is 1.34. The number of benzene rings is 1. The topological polar surface area (TPSA) is 105 Å². The van der Waals surface area contributed by atoms with E-state index in [9.17, 15) is 8.42 Å². The van der Waals surface area contributed by atoms with Gasteiger partial charge < -0.3 is 19.7 Å². The van der Waals surface area contributed by atoms with Gasteiger partial charge in [0.1, 0.15) is 22.1 Å². The summed E-state index contributed by atoms with van der Waals surface area (Å²) in [7, 11) is -0.757. The number of hydrogen-bond donors (Lipinski definition) is 1. The highest BCUT2D eigenvalue weighted by Crippen LogP contribution is 2.41. The fourth-order valence-corrected chi connectivity index (χ4v) is 2.99. The van der Waals surface area contributed by atoms with E-state index in [0.29, 0.717) is 5.75 Å². The van der Waals surface area contributed by atoms with E-state index in [1.54, 1.807) is 6.07 Å². The zero-order chi connectivity index (χ0) is 14.9. The first-order chi connectivity index (χ1) is 9.38. The van der Waals surface area contributed by atoms with Crippen molar-refractivity contribution in [2.24, 2.45) is 0 Å². The first-order valence-electron chi connectivity index (χ1n) is 5.56. The van der Waals surface area contributed by atoms with Crippen LogP contribution in [-0.2, 0) is 9.84 Å². The number of sulfone groups is 1. The SMILES string of the molecule is COc1ccc(OC)c(S(C)(=O)=O)c1-c1cc(N)on1. The van der Waals surface area contributed by atoms with Gasteiger partial charge in [-0.1, -0.05) is 5.16 Å². The smallest absolute Gasteiger partial charge is 0.222 e. The summed E-state index contributed by atoms with van der Waals surface area (Å²) in [6.07, 6.45) is 1.08. The fourth-order valence-electron chi connectivity index (χ4n) is 1.89. The molecule has 8 heteroatoms. The molecule has 0 fully saturated rings. The molecular weight excluding hydrogens is 284 g/mol. The van der Waals surface area contributed by atoms with Crippen molar-refractivity contribution in [1.82, 2.24) is 5.16 Å². The van der Waals surface area contributed by atoms with Gasteiger partial charge in [-0.25, -0.2) is 8.42 Å². The molecule has 0 unspecified atom stereocenters. The fraction of sp³-hybridized carbons (Fsp3) is 0.250. The van der Waals surface area contributed by atoms with Crippen LogP contribution in [0.1, 0.15) is 0 Å². The molecule has 0 aliphatic heterocycles. The summed E-state index contributed by atoms with van der Waals surface area (Å²) in [6.45, 7) is 0. The number of methoxy groups -OCH3 is 2. The van der Waals surface area contributed by atoms with Crippen LogP contribution in [0, 0.1) is 0 Å². The van der Waals surface area contributed by atoms with Crippen LogP contribution in [0.2, 0.25) is 0 Å². The molecule has 0 spiro atoms. The number of nitrogens with two attached hydrogens (primary N) is 1. The van der Waals surface area contributed by atoms with Crippen LogP contribution in [-0.4, -0.2) is 34.0 Å². The van der Waals surface area contributed by atoms with Crippen LogP contribution in [0.3, 0.4) is 0 Å². The third-order valence-electron chi connectivity index (χ3n) is 2.68. The van der Waals surface area contributed by atoms with E-state index in [0.717, 1.165) is 6.26 Å². The lowest BCUT2D eigenvalue weighted by molar-refractivity contribution is 0.393. The summed E-state index contributed by atoms with van der Waals surface area (Å²) in [5.41, 5.74) is 6.01. The second-order valence-electron chi connectivity index (χ2n) is 4.06. The Kier molecular flexibility index (Phi) is 3.58. The number of hydrogen-bond acceptors (Lipinski definition) is 7. The van der Waals surface area contributed by atoms with Crippen molar-refractivity contribution in [2.75, 3.05) is 26.2 Å². The Balaban J connectivity index is 2.88. The molecule has 1 aromatic heterocycles. The van der Waals surface area contributed by atoms with Gasteiger partial charge in [0.25, 0.3) is 0 Å². The van der Waals surface area contributed by atoms with E-state index in [1.807, 2.05) is 0 Å². The second kappa shape index (κ2) is 5.04. The first kappa shape index (κ1) is 14.2. The van der Waals surface area contributed by atoms with Gasteiger partial charge in [-0.15, -0.1) is 0 Å². The standard InChI is InChI=1S/C12H14N2O5S/c1-17-8-4-5-9(18-2)12(20(3,15)16)11(8)7-6-10(13)19-14-7/h4-6H,13H2,1-3H3. The Hall–Kier alpha value is -2.22. The lowest BCUT2D eigenvalue weighted by atomic mass is 10.1. The van der Waals surface area contributed by atoms with Crippen molar-refractivity contribution in [3.8, 4) is 22.8 Å². The Morgan fingerprint density at radius 3 is 2.25 bits per heavy atom. The van der Waals surface area contributed by atoms with E-state index < -0.39 is 9.84 Å². The molecule has 0 saturated heterocycles. The van der Waals surface area contributed by atoms with E-state index in [-0.39, 0.29) is 27.8 Å². The molecule has 0 aliphatic carbocycles. The maximum Gasteiger partial charge on any atom is 0.222 e. The minimum absolute atomic E-state index is 0.0207. The van der Waals surface area contributed by atoms with Crippen LogP contribution in [0.25, 0.3) is 11.3 Å². The molecule has 0 atom stereocenters. The third kappa shape index (κ3) is 2.42. The van der Waals surface area contributed by atoms with Crippen molar-refractivity contribution in [2.45, 2.75) is 4.90 Å². The Morgan fingerprint density at radius 1 is 1.20 bits per heavy atom. The van der Waals surface area contributed by atoms with Gasteiger partial charge in [-0.05, 0) is 12.1 Å². The summed E-state index contributed by atoms with van der Waals surface area (Å²) in [6, 6.07) is 4.53. The van der Waals surface area contributed by atoms with Crippen molar-refractivity contribution >= 4 is 15.7 Å². The maximum atomic E-state index is 12.1. The monoisotopic (exact) mass is 298 g/mol. The van der Waals surface area contributed by atoms with Crippen molar-refractivity contribution in [3.05, 3.63) is 18.2 Å². The number of ether oxygens (including phenoxy) is 2. The molecule has 2 aromatic rings. The second-order valence-corrected chi connectivity index (χ2v) is 6.01. The van der Waals surface area contributed by atoms with Crippen molar-refractivity contribution < 1.29 is 22.4 Å². The average molecular weight is 298 g/mol. The highest BCUT2D eigenvalue weighted by atomic mass is 32.2. The van der Waals surface area contributed by atoms with E-state index in [2.05, 4.69) is 5.16 Å². The Morgan fingerprint density at radius 2 is 1.80 bits per heavy atom. The molecule has 2 rings (SSSR count). The van der Waals surface area contributed by atoms with Gasteiger partial charge in [-0.2, -0.15) is 0 Å². The number of nitrogen functional groups attached to an aromatic ring is 1. The zero-order valence-electron chi connectivity index (χ0n) is 11.2. The Bertz CT molecular complexity index is 736. The molecule has 0 saturated carbocycles. The van der Waals surface area contributed by atoms with Crippen LogP contribution in [0.5, 0.6) is 11.5 Å². The predicted molar refractivity (Wildman–Crippen MR) is 72.6 cm³/mol. The van der Waals surface area contributed by atoms with Gasteiger partial charge in [0.15, 0.2) is 9.84 Å². The molecule has 0 aliphatic rings. The molecule has 1 aromatic carbocycles. The summed E-state index contributed by atoms with van der Waals surface area (Å²) < 4.78 is 39.2. The summed E-state index contributed by atoms with van der Waals surface area (Å²) >= 11 is 0. The van der Waals surface area contributed by atoms with E-state index in [1.165, 1.54) is 26.4 Å². The van der Waals surface area contributed by atoms with Gasteiger partial charge in [0, 0.05) is 12.3 Å². The normalized spacial score (nSPS) is 11.3. The molecule has 0 radical (unpaired) electrons. The van der Waals surface area contributed by atoms with E-state index >= 15 is 0 Å². The lowest BCUT2D eigenvalue weighted by Gasteiger charge is -2.14. The van der Waals surface area contributed by atoms with Crippen LogP contribution in [0.15, 0.2) is 27.6 Å². The molecule has 0 bridgehead atoms. The lowest BCUT2D eigenvalue weighted by Crippen LogP contribution is -2.05. The summed E-state index contributed by atoms with van der Waals surface area (Å²) in [5, 5.41) is 3.74. The molecule has 20 heavy (non-hydrogen) atoms. The first-order valence-corrected chi connectivity index (χ1v) is 7.45. The zero-order valence-corrected chi connectivity index (χ0v) is 12.0. The maximum absolute atomic E-state index is 12.1. The minimum atomic E-state index is -3.58. The largest absolute Gasteiger partial charge is 0.496 e. The number of anilines is 1. The van der Waals surface area contributed by atoms with Crippen molar-refractivity contribution in [1.29, 1.82) is 0 Å². The van der Waals surface area contributed by atoms with Crippen LogP contribution >= 0.6 is 0 Å². The van der Waals surface area contributed by atoms with Gasteiger partial charge in [0.2, 0.25) is 5.88 Å². The quantitative estimate of drug-likeness (QED) is 0.908. The highest BCUT2D eigenvalue weighted by Gasteiger charge is 2.26. The summed E-state index contributed by atoms with van der Waals surface area (Å²) in [4.78, 5) is -0.0207. The Labute approximate surface area is 116 Å². The molecule has 108 valence electrons. The van der Waals surface area contributed by atoms with Gasteiger partial charge in [0.05, 0.1) is 19.8 Å². The molecule has 0 amide bonds. The highest BCUT2D eigenvalue weighted by molar-refractivity contribution is 7.91. The molecule has 2 N–H and O–H groups in total. The summed E-state index contributed by atoms with van der Waals surface area (Å²) in [5.74, 6) is 0.605. The van der Waals surface area contributed by atoms with Crippen LogP contribution < -0.4 is 15.2 Å². The number of rotatable bonds is 4. The van der Waals surface area contributed by atoms with E-state index in [4.69, 9.17) is 19.7 Å². The van der Waals surface area contributed by atoms with Gasteiger partial charge in [-0.3, -0.25) is 0 Å².